The molecule has 9 heteroatoms. The summed E-state index contributed by atoms with van der Waals surface area (Å²) in [5.41, 5.74) is 4.06. The van der Waals surface area contributed by atoms with Crippen LogP contribution in [-0.4, -0.2) is 46.9 Å². The summed E-state index contributed by atoms with van der Waals surface area (Å²) in [4.78, 5) is 22.0. The Morgan fingerprint density at radius 3 is 2.51 bits per heavy atom. The van der Waals surface area contributed by atoms with Gasteiger partial charge in [-0.1, -0.05) is 13.0 Å². The number of halogens is 3. The fourth-order valence-corrected chi connectivity index (χ4v) is 5.60. The van der Waals surface area contributed by atoms with E-state index in [0.29, 0.717) is 54.8 Å². The standard InChI is InChI=1S/C32H34F2N4O2.ClH/c1-3-28-32(38-15-14-23(33)19-31(38)35-28)30(39)13-5-22-4-12-29(27(34)18-22)36-16-17-37(21(2)20-36)24-6-8-25(9-7-24)40-26-10-11-26;/h4,6-9,12,14-15,18-19,21,26H,3,5,10-11,13,16-17,20H2,1-2H3;1H/t21-;/m0./s1. The first-order valence-corrected chi connectivity index (χ1v) is 14.2. The van der Waals surface area contributed by atoms with Crippen molar-refractivity contribution >= 4 is 35.2 Å². The van der Waals surface area contributed by atoms with Gasteiger partial charge in [-0.05, 0) is 80.6 Å². The van der Waals surface area contributed by atoms with E-state index >= 15 is 4.39 Å². The molecule has 0 spiro atoms. The summed E-state index contributed by atoms with van der Waals surface area (Å²) in [6.07, 6.45) is 5.41. The molecule has 3 heterocycles. The first kappa shape index (κ1) is 28.9. The first-order chi connectivity index (χ1) is 19.4. The van der Waals surface area contributed by atoms with Crippen molar-refractivity contribution in [1.82, 2.24) is 9.38 Å². The Balaban J connectivity index is 0.00000337. The van der Waals surface area contributed by atoms with Crippen molar-refractivity contribution in [2.45, 2.75) is 58.1 Å². The van der Waals surface area contributed by atoms with E-state index in [1.807, 2.05) is 31.2 Å². The second kappa shape index (κ2) is 12.1. The number of fused-ring (bicyclic) bond motifs is 1. The lowest BCUT2D eigenvalue weighted by Crippen LogP contribution is -2.52. The van der Waals surface area contributed by atoms with Crippen molar-refractivity contribution in [2.75, 3.05) is 29.4 Å². The molecule has 1 saturated heterocycles. The number of hydrogen-bond acceptors (Lipinski definition) is 5. The Labute approximate surface area is 245 Å². The molecular formula is C32H35ClF2N4O2. The average Bonchev–Trinajstić information content (AvgIpc) is 3.69. The lowest BCUT2D eigenvalue weighted by Gasteiger charge is -2.42. The van der Waals surface area contributed by atoms with Crippen molar-refractivity contribution in [3.63, 3.8) is 0 Å². The van der Waals surface area contributed by atoms with E-state index < -0.39 is 5.82 Å². The number of carbonyl (C=O) groups excluding carboxylic acids is 1. The summed E-state index contributed by atoms with van der Waals surface area (Å²) in [5, 5.41) is 0. The number of pyridine rings is 1. The van der Waals surface area contributed by atoms with E-state index in [1.54, 1.807) is 10.5 Å². The highest BCUT2D eigenvalue weighted by molar-refractivity contribution is 5.96. The predicted molar refractivity (Wildman–Crippen MR) is 160 cm³/mol. The molecule has 1 aliphatic heterocycles. The molecule has 2 aromatic heterocycles. The third kappa shape index (κ3) is 6.17. The number of Topliss-reactive ketones (excluding diaryl/α,β-unsaturated/α-hetero) is 1. The zero-order valence-electron chi connectivity index (χ0n) is 23.4. The summed E-state index contributed by atoms with van der Waals surface area (Å²) in [5.74, 6) is 0.170. The minimum Gasteiger partial charge on any atom is -0.490 e. The van der Waals surface area contributed by atoms with Gasteiger partial charge in [0.05, 0.1) is 17.5 Å². The number of anilines is 2. The molecule has 2 fully saturated rings. The molecule has 4 aromatic rings. The van der Waals surface area contributed by atoms with Crippen LogP contribution in [0, 0.1) is 11.6 Å². The van der Waals surface area contributed by atoms with Gasteiger partial charge in [0.1, 0.15) is 28.7 Å². The topological polar surface area (TPSA) is 50.1 Å². The Morgan fingerprint density at radius 2 is 1.83 bits per heavy atom. The number of imidazole rings is 1. The van der Waals surface area contributed by atoms with Crippen LogP contribution in [0.2, 0.25) is 0 Å². The summed E-state index contributed by atoms with van der Waals surface area (Å²) >= 11 is 0. The predicted octanol–water partition coefficient (Wildman–Crippen LogP) is 6.67. The number of hydrogen-bond donors (Lipinski definition) is 0. The average molecular weight is 581 g/mol. The molecular weight excluding hydrogens is 546 g/mol. The molecule has 41 heavy (non-hydrogen) atoms. The highest BCUT2D eigenvalue weighted by Crippen LogP contribution is 2.30. The van der Waals surface area contributed by atoms with E-state index in [9.17, 15) is 9.18 Å². The Morgan fingerprint density at radius 1 is 1.05 bits per heavy atom. The van der Waals surface area contributed by atoms with Gasteiger partial charge < -0.3 is 14.5 Å². The Kier molecular flexibility index (Phi) is 8.50. The largest absolute Gasteiger partial charge is 0.490 e. The van der Waals surface area contributed by atoms with Crippen LogP contribution in [-0.2, 0) is 12.8 Å². The fourth-order valence-electron chi connectivity index (χ4n) is 5.60. The molecule has 1 saturated carbocycles. The smallest absolute Gasteiger partial charge is 0.181 e. The van der Waals surface area contributed by atoms with Gasteiger partial charge in [-0.2, -0.15) is 0 Å². The second-order valence-electron chi connectivity index (χ2n) is 10.8. The highest BCUT2D eigenvalue weighted by atomic mass is 35.5. The lowest BCUT2D eigenvalue weighted by molar-refractivity contribution is 0.0976. The Hall–Kier alpha value is -3.65. The molecule has 0 N–H and O–H groups in total. The van der Waals surface area contributed by atoms with Crippen molar-refractivity contribution in [3.05, 3.63) is 89.4 Å². The van der Waals surface area contributed by atoms with E-state index in [4.69, 9.17) is 4.74 Å². The van der Waals surface area contributed by atoms with Gasteiger partial charge in [-0.15, -0.1) is 12.4 Å². The molecule has 6 nitrogen and oxygen atoms in total. The molecule has 0 unspecified atom stereocenters. The Bertz CT molecular complexity index is 1540. The van der Waals surface area contributed by atoms with Gasteiger partial charge in [0, 0.05) is 50.0 Å². The molecule has 216 valence electrons. The van der Waals surface area contributed by atoms with Crippen LogP contribution in [0.15, 0.2) is 60.8 Å². The molecule has 6 rings (SSSR count). The number of aryl methyl sites for hydroxylation is 2. The SMILES string of the molecule is CCc1nc2cc(F)ccn2c1C(=O)CCc1ccc(N2CCN(c3ccc(OC4CC4)cc3)[C@@H](C)C2)c(F)c1.Cl. The number of piperazine rings is 1. The molecule has 0 bridgehead atoms. The molecule has 0 radical (unpaired) electrons. The van der Waals surface area contributed by atoms with Crippen LogP contribution in [0.1, 0.15) is 54.9 Å². The van der Waals surface area contributed by atoms with E-state index in [-0.39, 0.29) is 36.5 Å². The van der Waals surface area contributed by atoms with Crippen LogP contribution >= 0.6 is 12.4 Å². The van der Waals surface area contributed by atoms with Crippen molar-refractivity contribution in [3.8, 4) is 5.75 Å². The summed E-state index contributed by atoms with van der Waals surface area (Å²) in [7, 11) is 0. The van der Waals surface area contributed by atoms with Crippen molar-refractivity contribution in [1.29, 1.82) is 0 Å². The van der Waals surface area contributed by atoms with E-state index in [1.165, 1.54) is 18.3 Å². The lowest BCUT2D eigenvalue weighted by atomic mass is 10.0. The number of rotatable bonds is 9. The molecule has 2 aromatic carbocycles. The zero-order chi connectivity index (χ0) is 27.8. The molecule has 2 aliphatic rings. The van der Waals surface area contributed by atoms with Gasteiger partial charge in [0.2, 0.25) is 0 Å². The van der Waals surface area contributed by atoms with Crippen molar-refractivity contribution in [2.24, 2.45) is 0 Å². The minimum absolute atomic E-state index is 0. The zero-order valence-corrected chi connectivity index (χ0v) is 24.2. The monoisotopic (exact) mass is 580 g/mol. The van der Waals surface area contributed by atoms with Crippen LogP contribution in [0.5, 0.6) is 5.75 Å². The number of benzene rings is 2. The maximum atomic E-state index is 15.3. The quantitative estimate of drug-likeness (QED) is 0.207. The second-order valence-corrected chi connectivity index (χ2v) is 10.8. The van der Waals surface area contributed by atoms with Crippen LogP contribution in [0.25, 0.3) is 5.65 Å². The number of carbonyl (C=O) groups is 1. The van der Waals surface area contributed by atoms with Crippen LogP contribution in [0.3, 0.4) is 0 Å². The van der Waals surface area contributed by atoms with Gasteiger partial charge in [-0.3, -0.25) is 9.20 Å². The molecule has 1 atom stereocenters. The first-order valence-electron chi connectivity index (χ1n) is 14.2. The summed E-state index contributed by atoms with van der Waals surface area (Å²) in [6, 6.07) is 16.4. The van der Waals surface area contributed by atoms with E-state index in [2.05, 4.69) is 33.8 Å². The molecule has 0 amide bonds. The maximum Gasteiger partial charge on any atom is 0.181 e. The van der Waals surface area contributed by atoms with Crippen LogP contribution in [0.4, 0.5) is 20.2 Å². The number of aromatic nitrogens is 2. The number of ether oxygens (including phenoxy) is 1. The normalized spacial score (nSPS) is 17.0. The van der Waals surface area contributed by atoms with Crippen molar-refractivity contribution < 1.29 is 18.3 Å². The number of nitrogens with zero attached hydrogens (tertiary/aromatic N) is 4. The van der Waals surface area contributed by atoms with Crippen LogP contribution < -0.4 is 14.5 Å². The highest BCUT2D eigenvalue weighted by Gasteiger charge is 2.27. The van der Waals surface area contributed by atoms with Gasteiger partial charge in [0.15, 0.2) is 5.78 Å². The maximum absolute atomic E-state index is 15.3. The van der Waals surface area contributed by atoms with Gasteiger partial charge in [-0.25, -0.2) is 13.8 Å². The summed E-state index contributed by atoms with van der Waals surface area (Å²) < 4.78 is 36.4. The van der Waals surface area contributed by atoms with Gasteiger partial charge in [0.25, 0.3) is 0 Å². The van der Waals surface area contributed by atoms with E-state index in [0.717, 1.165) is 36.4 Å². The summed E-state index contributed by atoms with van der Waals surface area (Å²) in [6.45, 7) is 6.31. The number of ketones is 1. The fraction of sp³-hybridized carbons (Fsp3) is 0.375. The van der Waals surface area contributed by atoms with Gasteiger partial charge >= 0.3 is 0 Å². The minimum atomic E-state index is -0.390. The third-order valence-corrected chi connectivity index (χ3v) is 7.88. The molecule has 1 aliphatic carbocycles. The third-order valence-electron chi connectivity index (χ3n) is 7.88.